The van der Waals surface area contributed by atoms with Crippen LogP contribution in [0.1, 0.15) is 38.8 Å². The van der Waals surface area contributed by atoms with Crippen LogP contribution in [-0.4, -0.2) is 52.1 Å². The van der Waals surface area contributed by atoms with Gasteiger partial charge in [-0.3, -0.25) is 0 Å². The largest absolute Gasteiger partial charge is 0.499 e. The highest BCUT2D eigenvalue weighted by Gasteiger charge is 2.52. The van der Waals surface area contributed by atoms with E-state index in [0.717, 1.165) is 31.7 Å². The number of aromatic nitrogens is 4. The number of methoxy groups -OCH3 is 2. The Morgan fingerprint density at radius 2 is 1.18 bits per heavy atom. The van der Waals surface area contributed by atoms with Gasteiger partial charge in [0.05, 0.1) is 54.5 Å². The highest BCUT2D eigenvalue weighted by Crippen LogP contribution is 2.37. The van der Waals surface area contributed by atoms with Crippen molar-refractivity contribution < 1.29 is 18.8 Å². The van der Waals surface area contributed by atoms with Crippen molar-refractivity contribution in [1.29, 1.82) is 0 Å². The van der Waals surface area contributed by atoms with Crippen molar-refractivity contribution in [2.45, 2.75) is 52.0 Å². The molecule has 0 saturated carbocycles. The second-order valence-electron chi connectivity index (χ2n) is 10.3. The Kier molecular flexibility index (Phi) is 9.77. The average molecular weight is 697 g/mol. The molecule has 212 valence electrons. The fraction of sp³-hybridized carbons (Fsp3) is 0.357. The minimum absolute atomic E-state index is 0.404. The summed E-state index contributed by atoms with van der Waals surface area (Å²) in [5.74, 6) is 1.67. The molecule has 8 nitrogen and oxygen atoms in total. The number of hydrogen-bond donors (Lipinski definition) is 0. The van der Waals surface area contributed by atoms with Crippen LogP contribution in [-0.2, 0) is 22.4 Å². The number of ether oxygens (including phenoxy) is 2. The van der Waals surface area contributed by atoms with E-state index < -0.39 is 18.3 Å². The first-order valence-corrected chi connectivity index (χ1v) is 14.5. The first kappa shape index (κ1) is 30.7. The Labute approximate surface area is 259 Å². The summed E-state index contributed by atoms with van der Waals surface area (Å²) >= 11 is 14.8. The summed E-state index contributed by atoms with van der Waals surface area (Å²) in [4.78, 5) is 0. The van der Waals surface area contributed by atoms with Gasteiger partial charge in [0.2, 0.25) is 0 Å². The molecule has 0 aliphatic carbocycles. The van der Waals surface area contributed by atoms with E-state index in [-0.39, 0.29) is 0 Å². The third-order valence-corrected chi connectivity index (χ3v) is 8.95. The Balaban J connectivity index is 0.000000201. The second kappa shape index (κ2) is 12.7. The fourth-order valence-electron chi connectivity index (χ4n) is 3.89. The summed E-state index contributed by atoms with van der Waals surface area (Å²) < 4.78 is 26.8. The number of hydrogen-bond acceptors (Lipinski definition) is 6. The van der Waals surface area contributed by atoms with Crippen molar-refractivity contribution >= 4 is 58.4 Å². The maximum absolute atomic E-state index is 6.51. The van der Waals surface area contributed by atoms with Gasteiger partial charge in [-0.1, -0.05) is 47.5 Å². The zero-order valence-corrected chi connectivity index (χ0v) is 27.0. The van der Waals surface area contributed by atoms with Crippen molar-refractivity contribution in [2.75, 3.05) is 14.2 Å². The van der Waals surface area contributed by atoms with Gasteiger partial charge in [-0.25, -0.2) is 9.36 Å². The molecule has 1 aliphatic rings. The Hall–Kier alpha value is -2.25. The SMILES string of the molecule is COc1ccc(Cn2ncc(B3OC(C)(C)C(C)(C)O3)c2Cl)cc1.COc1ccc(Cn2ncc(I)c2Cl)cc1. The summed E-state index contributed by atoms with van der Waals surface area (Å²) in [7, 11) is 2.80. The van der Waals surface area contributed by atoms with Crippen LogP contribution in [0, 0.1) is 3.57 Å². The van der Waals surface area contributed by atoms with Crippen molar-refractivity contribution in [3.63, 3.8) is 0 Å². The summed E-state index contributed by atoms with van der Waals surface area (Å²) in [6, 6.07) is 15.7. The monoisotopic (exact) mass is 696 g/mol. The third kappa shape index (κ3) is 6.96. The molecule has 0 N–H and O–H groups in total. The minimum atomic E-state index is -0.507. The summed E-state index contributed by atoms with van der Waals surface area (Å²) in [6.45, 7) is 9.31. The average Bonchev–Trinajstić information content (AvgIpc) is 3.52. The van der Waals surface area contributed by atoms with Gasteiger partial charge < -0.3 is 18.8 Å². The van der Waals surface area contributed by atoms with E-state index in [1.807, 2.05) is 76.2 Å². The minimum Gasteiger partial charge on any atom is -0.497 e. The van der Waals surface area contributed by atoms with Crippen LogP contribution in [0.2, 0.25) is 10.3 Å². The molecule has 0 atom stereocenters. The predicted octanol–water partition coefficient (Wildman–Crippen LogP) is 6.09. The van der Waals surface area contributed by atoms with E-state index >= 15 is 0 Å². The van der Waals surface area contributed by atoms with Gasteiger partial charge in [0, 0.05) is 5.46 Å². The zero-order chi connectivity index (χ0) is 29.1. The topological polar surface area (TPSA) is 72.6 Å². The maximum atomic E-state index is 6.51. The van der Waals surface area contributed by atoms with Crippen molar-refractivity contribution in [1.82, 2.24) is 19.6 Å². The van der Waals surface area contributed by atoms with Gasteiger partial charge in [-0.05, 0) is 85.7 Å². The van der Waals surface area contributed by atoms with E-state index in [9.17, 15) is 0 Å². The number of halogens is 3. The normalized spacial score (nSPS) is 15.5. The lowest BCUT2D eigenvalue weighted by atomic mass is 9.82. The van der Waals surface area contributed by atoms with Gasteiger partial charge >= 0.3 is 7.12 Å². The molecule has 5 rings (SSSR count). The van der Waals surface area contributed by atoms with E-state index in [1.165, 1.54) is 0 Å². The quantitative estimate of drug-likeness (QED) is 0.172. The van der Waals surface area contributed by atoms with Crippen LogP contribution in [0.4, 0.5) is 0 Å². The Bertz CT molecular complexity index is 1410. The first-order valence-electron chi connectivity index (χ1n) is 12.6. The molecule has 0 amide bonds. The molecule has 4 aromatic rings. The number of nitrogens with zero attached hydrogens (tertiary/aromatic N) is 4. The molecule has 40 heavy (non-hydrogen) atoms. The maximum Gasteiger partial charge on any atom is 0.499 e. The fourth-order valence-corrected chi connectivity index (χ4v) is 4.69. The molecular weight excluding hydrogens is 665 g/mol. The summed E-state index contributed by atoms with van der Waals surface area (Å²) in [5, 5.41) is 9.80. The van der Waals surface area contributed by atoms with Gasteiger partial charge in [-0.2, -0.15) is 10.2 Å². The molecular formula is C28H32BCl2IN4O4. The molecule has 2 aromatic heterocycles. The summed E-state index contributed by atoms with van der Waals surface area (Å²) in [5.41, 5.74) is 2.17. The smallest absolute Gasteiger partial charge is 0.497 e. The van der Waals surface area contributed by atoms with E-state index in [1.54, 1.807) is 36.0 Å². The van der Waals surface area contributed by atoms with Gasteiger partial charge in [0.1, 0.15) is 21.8 Å². The number of rotatable bonds is 7. The zero-order valence-electron chi connectivity index (χ0n) is 23.3. The third-order valence-electron chi connectivity index (χ3n) is 7.03. The van der Waals surface area contributed by atoms with E-state index in [0.29, 0.717) is 23.4 Å². The second-order valence-corrected chi connectivity index (χ2v) is 12.2. The Morgan fingerprint density at radius 1 is 0.750 bits per heavy atom. The molecule has 1 saturated heterocycles. The first-order chi connectivity index (χ1) is 18.9. The van der Waals surface area contributed by atoms with Crippen LogP contribution < -0.4 is 14.9 Å². The van der Waals surface area contributed by atoms with Crippen LogP contribution in [0.3, 0.4) is 0 Å². The molecule has 0 spiro atoms. The van der Waals surface area contributed by atoms with Crippen molar-refractivity contribution in [3.8, 4) is 11.5 Å². The van der Waals surface area contributed by atoms with Gasteiger partial charge in [-0.15, -0.1) is 0 Å². The summed E-state index contributed by atoms with van der Waals surface area (Å²) in [6.07, 6.45) is 3.47. The molecule has 2 aromatic carbocycles. The number of benzene rings is 2. The molecule has 12 heteroatoms. The molecule has 3 heterocycles. The van der Waals surface area contributed by atoms with Crippen LogP contribution in [0.5, 0.6) is 11.5 Å². The molecule has 1 fully saturated rings. The Morgan fingerprint density at radius 3 is 1.57 bits per heavy atom. The van der Waals surface area contributed by atoms with Gasteiger partial charge in [0.15, 0.2) is 0 Å². The van der Waals surface area contributed by atoms with Gasteiger partial charge in [0.25, 0.3) is 0 Å². The highest BCUT2D eigenvalue weighted by molar-refractivity contribution is 14.1. The lowest BCUT2D eigenvalue weighted by Crippen LogP contribution is -2.41. The molecule has 0 bridgehead atoms. The standard InChI is InChI=1S/C17H22BClN2O3.C11H10ClIN2O/c1-16(2)17(3,4)24-18(23-16)14-10-20-21(15(14)19)11-12-6-8-13(22-5)9-7-12;1-16-9-4-2-8(3-5-9)7-15-11(12)10(13)6-14-15/h6-10H,11H2,1-5H3;2-6H,7H2,1H3. The van der Waals surface area contributed by atoms with E-state index in [4.69, 9.17) is 42.0 Å². The molecule has 0 unspecified atom stereocenters. The van der Waals surface area contributed by atoms with Crippen LogP contribution >= 0.6 is 45.8 Å². The lowest BCUT2D eigenvalue weighted by molar-refractivity contribution is 0.00578. The van der Waals surface area contributed by atoms with Crippen LogP contribution in [0.15, 0.2) is 60.9 Å². The van der Waals surface area contributed by atoms with Crippen molar-refractivity contribution in [3.05, 3.63) is 85.9 Å². The lowest BCUT2D eigenvalue weighted by Gasteiger charge is -2.32. The molecule has 1 aliphatic heterocycles. The molecule has 0 radical (unpaired) electrons. The van der Waals surface area contributed by atoms with Crippen molar-refractivity contribution in [2.24, 2.45) is 0 Å². The van der Waals surface area contributed by atoms with Crippen LogP contribution in [0.25, 0.3) is 0 Å². The van der Waals surface area contributed by atoms with E-state index in [2.05, 4.69) is 32.8 Å². The highest BCUT2D eigenvalue weighted by atomic mass is 127. The predicted molar refractivity (Wildman–Crippen MR) is 167 cm³/mol.